The van der Waals surface area contributed by atoms with Gasteiger partial charge in [-0.05, 0) is 94.6 Å². The number of benzene rings is 2. The van der Waals surface area contributed by atoms with E-state index in [1.54, 1.807) is 6.92 Å². The van der Waals surface area contributed by atoms with Crippen LogP contribution in [0.2, 0.25) is 0 Å². The highest BCUT2D eigenvalue weighted by Crippen LogP contribution is 2.38. The molecule has 0 radical (unpaired) electrons. The van der Waals surface area contributed by atoms with Crippen molar-refractivity contribution in [1.82, 2.24) is 0 Å². The number of fused-ring (bicyclic) bond motifs is 1. The lowest BCUT2D eigenvalue weighted by atomic mass is 10.1. The molecule has 1 unspecified atom stereocenters. The summed E-state index contributed by atoms with van der Waals surface area (Å²) in [6.45, 7) is 6.01. The van der Waals surface area contributed by atoms with Gasteiger partial charge in [-0.15, -0.1) is 23.1 Å². The molecule has 4 rings (SSSR count). The molecule has 3 aromatic rings. The molecule has 1 aromatic heterocycles. The fraction of sp³-hybridized carbons (Fsp3) is 0.345. The maximum absolute atomic E-state index is 13.2. The van der Waals surface area contributed by atoms with E-state index in [2.05, 4.69) is 16.0 Å². The van der Waals surface area contributed by atoms with Crippen LogP contribution in [0.5, 0.6) is 0 Å². The number of nitrogens with one attached hydrogen (secondary N) is 3. The SMILES string of the molecule is CCOC(=O)c1c(NC(=O)C(C)Sc2cccc(NC(=S)Nc3ccc(C)cc3)c2)sc2c1CCCCC2. The molecule has 0 fully saturated rings. The minimum Gasteiger partial charge on any atom is -0.462 e. The number of carbonyl (C=O) groups excluding carboxylic acids is 2. The average molecular weight is 568 g/mol. The molecule has 0 aliphatic heterocycles. The number of hydrogen-bond donors (Lipinski definition) is 3. The zero-order valence-electron chi connectivity index (χ0n) is 21.9. The summed E-state index contributed by atoms with van der Waals surface area (Å²) in [6.07, 6.45) is 5.08. The Hall–Kier alpha value is -2.88. The zero-order valence-corrected chi connectivity index (χ0v) is 24.3. The Morgan fingerprint density at radius 2 is 1.76 bits per heavy atom. The Balaban J connectivity index is 1.40. The summed E-state index contributed by atoms with van der Waals surface area (Å²) in [7, 11) is 0. The number of thiocarbonyl (C=S) groups is 1. The van der Waals surface area contributed by atoms with Crippen LogP contribution in [0.1, 0.15) is 59.5 Å². The van der Waals surface area contributed by atoms with Crippen LogP contribution in [-0.2, 0) is 22.4 Å². The maximum atomic E-state index is 13.2. The van der Waals surface area contributed by atoms with Crippen molar-refractivity contribution in [3.05, 3.63) is 70.1 Å². The van der Waals surface area contributed by atoms with Crippen LogP contribution in [0.25, 0.3) is 0 Å². The van der Waals surface area contributed by atoms with Gasteiger partial charge in [0.1, 0.15) is 5.00 Å². The van der Waals surface area contributed by atoms with Gasteiger partial charge in [0.05, 0.1) is 17.4 Å². The van der Waals surface area contributed by atoms with Gasteiger partial charge in [0.15, 0.2) is 5.11 Å². The Bertz CT molecular complexity index is 1300. The van der Waals surface area contributed by atoms with Crippen molar-refractivity contribution in [3.63, 3.8) is 0 Å². The monoisotopic (exact) mass is 567 g/mol. The average Bonchev–Trinajstić information content (AvgIpc) is 3.05. The number of amides is 1. The van der Waals surface area contributed by atoms with Crippen molar-refractivity contribution in [3.8, 4) is 0 Å². The number of carbonyl (C=O) groups is 2. The summed E-state index contributed by atoms with van der Waals surface area (Å²) in [6, 6.07) is 15.8. The Kier molecular flexibility index (Phi) is 9.82. The maximum Gasteiger partial charge on any atom is 0.341 e. The lowest BCUT2D eigenvalue weighted by Gasteiger charge is -2.14. The van der Waals surface area contributed by atoms with Gasteiger partial charge >= 0.3 is 5.97 Å². The van der Waals surface area contributed by atoms with Gasteiger partial charge in [-0.1, -0.05) is 30.2 Å². The van der Waals surface area contributed by atoms with E-state index in [0.717, 1.165) is 53.9 Å². The predicted octanol–water partition coefficient (Wildman–Crippen LogP) is 7.43. The summed E-state index contributed by atoms with van der Waals surface area (Å²) < 4.78 is 5.35. The van der Waals surface area contributed by atoms with Gasteiger partial charge in [-0.3, -0.25) is 4.79 Å². The van der Waals surface area contributed by atoms with Crippen LogP contribution >= 0.6 is 35.3 Å². The van der Waals surface area contributed by atoms with Crippen molar-refractivity contribution in [2.24, 2.45) is 0 Å². The van der Waals surface area contributed by atoms with E-state index in [1.807, 2.05) is 62.4 Å². The minimum absolute atomic E-state index is 0.146. The van der Waals surface area contributed by atoms with E-state index in [0.29, 0.717) is 22.3 Å². The van der Waals surface area contributed by atoms with Gasteiger partial charge in [-0.2, -0.15) is 0 Å². The van der Waals surface area contributed by atoms with Crippen molar-refractivity contribution < 1.29 is 14.3 Å². The van der Waals surface area contributed by atoms with Gasteiger partial charge in [0.2, 0.25) is 5.91 Å². The molecule has 1 amide bonds. The van der Waals surface area contributed by atoms with Gasteiger partial charge in [0.25, 0.3) is 0 Å². The first-order valence-electron chi connectivity index (χ1n) is 12.9. The van der Waals surface area contributed by atoms with Crippen LogP contribution in [0.3, 0.4) is 0 Å². The molecule has 200 valence electrons. The fourth-order valence-electron chi connectivity index (χ4n) is 4.30. The van der Waals surface area contributed by atoms with Gasteiger partial charge in [0, 0.05) is 21.1 Å². The van der Waals surface area contributed by atoms with Crippen LogP contribution in [0.15, 0.2) is 53.4 Å². The molecule has 0 saturated carbocycles. The fourth-order valence-corrected chi connectivity index (χ4v) is 6.74. The Morgan fingerprint density at radius 3 is 2.53 bits per heavy atom. The third-order valence-electron chi connectivity index (χ3n) is 6.22. The molecule has 0 saturated heterocycles. The molecule has 3 N–H and O–H groups in total. The molecule has 1 aliphatic carbocycles. The quantitative estimate of drug-likeness (QED) is 0.113. The van der Waals surface area contributed by atoms with E-state index < -0.39 is 0 Å². The second kappa shape index (κ2) is 13.3. The highest BCUT2D eigenvalue weighted by Gasteiger charge is 2.27. The molecule has 38 heavy (non-hydrogen) atoms. The second-order valence-electron chi connectivity index (χ2n) is 9.21. The second-order valence-corrected chi connectivity index (χ2v) is 12.1. The third kappa shape index (κ3) is 7.36. The normalized spacial score (nSPS) is 13.6. The first kappa shape index (κ1) is 28.1. The summed E-state index contributed by atoms with van der Waals surface area (Å²) in [4.78, 5) is 28.1. The lowest BCUT2D eigenvalue weighted by molar-refractivity contribution is -0.115. The van der Waals surface area contributed by atoms with Crippen LogP contribution in [0.4, 0.5) is 16.4 Å². The Morgan fingerprint density at radius 1 is 1.03 bits per heavy atom. The molecular formula is C29H33N3O3S3. The third-order valence-corrected chi connectivity index (χ3v) is 8.73. The number of thiophene rings is 1. The molecule has 1 heterocycles. The van der Waals surface area contributed by atoms with Crippen molar-refractivity contribution in [1.29, 1.82) is 0 Å². The largest absolute Gasteiger partial charge is 0.462 e. The molecule has 1 aliphatic rings. The van der Waals surface area contributed by atoms with E-state index >= 15 is 0 Å². The number of thioether (sulfide) groups is 1. The first-order valence-corrected chi connectivity index (χ1v) is 15.0. The van der Waals surface area contributed by atoms with Crippen molar-refractivity contribution >= 4 is 68.7 Å². The van der Waals surface area contributed by atoms with Gasteiger partial charge in [-0.25, -0.2) is 4.79 Å². The summed E-state index contributed by atoms with van der Waals surface area (Å²) in [5, 5.41) is 10.2. The van der Waals surface area contributed by atoms with Crippen molar-refractivity contribution in [2.75, 3.05) is 22.6 Å². The number of ether oxygens (including phenoxy) is 1. The van der Waals surface area contributed by atoms with Crippen LogP contribution < -0.4 is 16.0 Å². The van der Waals surface area contributed by atoms with Gasteiger partial charge < -0.3 is 20.7 Å². The number of rotatable bonds is 8. The van der Waals surface area contributed by atoms with Crippen LogP contribution in [0, 0.1) is 6.92 Å². The summed E-state index contributed by atoms with van der Waals surface area (Å²) in [5.41, 5.74) is 4.52. The molecule has 0 spiro atoms. The predicted molar refractivity (Wildman–Crippen MR) is 163 cm³/mol. The topological polar surface area (TPSA) is 79.5 Å². The smallest absolute Gasteiger partial charge is 0.341 e. The lowest BCUT2D eigenvalue weighted by Crippen LogP contribution is -2.23. The molecule has 9 heteroatoms. The number of anilines is 3. The Labute approximate surface area is 237 Å². The number of esters is 1. The number of hydrogen-bond acceptors (Lipinski definition) is 6. The molecule has 0 bridgehead atoms. The number of aryl methyl sites for hydroxylation is 2. The van der Waals surface area contributed by atoms with Crippen molar-refractivity contribution in [2.45, 2.75) is 63.0 Å². The molecule has 1 atom stereocenters. The molecule has 2 aromatic carbocycles. The minimum atomic E-state index is -0.375. The summed E-state index contributed by atoms with van der Waals surface area (Å²) in [5.74, 6) is -0.497. The standard InChI is InChI=1S/C29H33N3O3S3/c1-4-35-28(34)25-23-11-6-5-7-12-24(23)38-27(25)32-26(33)19(3)37-22-10-8-9-21(17-22)31-29(36)30-20-15-13-18(2)14-16-20/h8-10,13-17,19H,4-7,11-12H2,1-3H3,(H,32,33)(H2,30,31,36). The highest BCUT2D eigenvalue weighted by molar-refractivity contribution is 8.00. The first-order chi connectivity index (χ1) is 18.3. The molecular weight excluding hydrogens is 535 g/mol. The van der Waals surface area contributed by atoms with E-state index in [1.165, 1.54) is 33.5 Å². The summed E-state index contributed by atoms with van der Waals surface area (Å²) >= 11 is 8.44. The van der Waals surface area contributed by atoms with E-state index in [9.17, 15) is 9.59 Å². The zero-order chi connectivity index (χ0) is 27.1. The van der Waals surface area contributed by atoms with E-state index in [-0.39, 0.29) is 17.1 Å². The van der Waals surface area contributed by atoms with Crippen LogP contribution in [-0.4, -0.2) is 28.8 Å². The molecule has 6 nitrogen and oxygen atoms in total. The van der Waals surface area contributed by atoms with E-state index in [4.69, 9.17) is 17.0 Å². The highest BCUT2D eigenvalue weighted by atomic mass is 32.2.